The Balaban J connectivity index is 1.09. The van der Waals surface area contributed by atoms with E-state index in [-0.39, 0.29) is 74.0 Å². The second-order valence-corrected chi connectivity index (χ2v) is 24.2. The summed E-state index contributed by atoms with van der Waals surface area (Å²) in [6, 6.07) is 16.4. The minimum absolute atomic E-state index is 0.0545. The summed E-state index contributed by atoms with van der Waals surface area (Å²) in [7, 11) is 0. The number of benzene rings is 2. The highest BCUT2D eigenvalue weighted by Crippen LogP contribution is 2.43. The Bertz CT molecular complexity index is 2920. The van der Waals surface area contributed by atoms with E-state index in [1.165, 1.54) is 16.4 Å². The van der Waals surface area contributed by atoms with Crippen molar-refractivity contribution in [1.82, 2.24) is 45.7 Å². The zero-order chi connectivity index (χ0) is 58.4. The van der Waals surface area contributed by atoms with Gasteiger partial charge in [-0.1, -0.05) is 65.8 Å². The highest BCUT2D eigenvalue weighted by atomic mass is 32.1. The third-order valence-electron chi connectivity index (χ3n) is 11.6. The summed E-state index contributed by atoms with van der Waals surface area (Å²) in [6.07, 6.45) is -2.17. The number of oxime groups is 1. The van der Waals surface area contributed by atoms with Crippen LogP contribution in [0.1, 0.15) is 125 Å². The number of esters is 1. The number of amides is 6. The lowest BCUT2D eigenvalue weighted by atomic mass is 9.98. The lowest BCUT2D eigenvalue weighted by molar-refractivity contribution is -0.164. The lowest BCUT2D eigenvalue weighted by Gasteiger charge is -2.43. The van der Waals surface area contributed by atoms with Crippen molar-refractivity contribution in [1.29, 1.82) is 0 Å². The van der Waals surface area contributed by atoms with Crippen molar-refractivity contribution in [3.8, 4) is 0 Å². The minimum atomic E-state index is -1.55. The molecule has 0 spiro atoms. The zero-order valence-electron chi connectivity index (χ0n) is 47.0. The van der Waals surface area contributed by atoms with Crippen molar-refractivity contribution < 1.29 is 62.1 Å². The molecule has 6 amide bonds. The Morgan fingerprint density at radius 2 is 1.40 bits per heavy atom. The molecular formula is C54H70N12O13S. The first-order valence-corrected chi connectivity index (χ1v) is 26.9. The van der Waals surface area contributed by atoms with Crippen LogP contribution in [0.4, 0.5) is 24.3 Å². The van der Waals surface area contributed by atoms with Crippen LogP contribution in [0.25, 0.3) is 0 Å². The first kappa shape index (κ1) is 59.5. The fourth-order valence-electron chi connectivity index (χ4n) is 7.82. The first-order valence-electron chi connectivity index (χ1n) is 26.0. The number of ether oxygens (including phenoxy) is 5. The highest BCUT2D eigenvalue weighted by Gasteiger charge is 2.57. The molecule has 430 valence electrons. The van der Waals surface area contributed by atoms with E-state index >= 15 is 0 Å². The average molecular weight is 1130 g/mol. The molecule has 3 aliphatic rings. The standard InChI is InChI=1S/C54H70N12O13S/c1-50(2,3)75-46(70)55-25-32-27-64(28-32)45(61-48(72)77-52(7,8)9)65(49(73)78-53(10,11)12)29-35-26-56-66(62-35)30-36-38(41(67)57-36)59-42(68)39(37-31-80-44(58-37)60-47(71)76-51(4,5)6)63-79-54(23-24-54)43(69)74-40(33-19-15-13-16-20-33)34-21-17-14-18-22-34/h13-22,26,31-32,36,38,40H,23-25,27-30H2,1-12H3,(H,55,70)(H,57,67)(H,59,68)(H,58,60,71)/b61-45?,63-39-/t36-,38+/m1/s1. The van der Waals surface area contributed by atoms with E-state index in [1.54, 1.807) is 88.0 Å². The molecule has 4 aromatic rings. The van der Waals surface area contributed by atoms with Crippen LogP contribution < -0.4 is 21.3 Å². The van der Waals surface area contributed by atoms with Gasteiger partial charge in [0.2, 0.25) is 17.5 Å². The van der Waals surface area contributed by atoms with E-state index < -0.39 is 94.1 Å². The smallest absolute Gasteiger partial charge is 0.437 e. The minimum Gasteiger partial charge on any atom is -0.450 e. The molecule has 80 heavy (non-hydrogen) atoms. The van der Waals surface area contributed by atoms with Crippen molar-refractivity contribution in [3.63, 3.8) is 0 Å². The number of hydrogen-bond donors (Lipinski definition) is 4. The Hall–Kier alpha value is -8.16. The van der Waals surface area contributed by atoms with Crippen LogP contribution in [-0.4, -0.2) is 143 Å². The van der Waals surface area contributed by atoms with Gasteiger partial charge < -0.3 is 49.4 Å². The molecule has 0 bridgehead atoms. The largest absolute Gasteiger partial charge is 0.450 e. The molecular weight excluding hydrogens is 1060 g/mol. The summed E-state index contributed by atoms with van der Waals surface area (Å²) in [5, 5.41) is 25.4. The maximum absolute atomic E-state index is 14.4. The number of anilines is 1. The number of aromatic nitrogens is 4. The van der Waals surface area contributed by atoms with Gasteiger partial charge in [0.15, 0.2) is 16.9 Å². The Labute approximate surface area is 467 Å². The Morgan fingerprint density at radius 3 is 1.96 bits per heavy atom. The molecule has 2 aromatic heterocycles. The van der Waals surface area contributed by atoms with Crippen LogP contribution in [0.2, 0.25) is 0 Å². The third-order valence-corrected chi connectivity index (χ3v) is 12.3. The van der Waals surface area contributed by atoms with Crippen LogP contribution in [0.5, 0.6) is 0 Å². The van der Waals surface area contributed by atoms with Gasteiger partial charge in [-0.15, -0.1) is 16.3 Å². The molecule has 1 saturated carbocycles. The molecule has 4 N–H and O–H groups in total. The van der Waals surface area contributed by atoms with Crippen molar-refractivity contribution in [2.24, 2.45) is 16.1 Å². The quantitative estimate of drug-likeness (QED) is 0.0223. The summed E-state index contributed by atoms with van der Waals surface area (Å²) in [5.41, 5.74) is -3.79. The topological polar surface area (TPSA) is 298 Å². The number of hydrogen-bond acceptors (Lipinski definition) is 18. The van der Waals surface area contributed by atoms with E-state index in [4.69, 9.17) is 28.5 Å². The number of guanidine groups is 1. The van der Waals surface area contributed by atoms with Gasteiger partial charge in [-0.25, -0.2) is 33.9 Å². The van der Waals surface area contributed by atoms with Crippen LogP contribution in [0, 0.1) is 5.92 Å². The predicted molar refractivity (Wildman–Crippen MR) is 291 cm³/mol. The number of carbonyl (C=O) groups is 7. The second-order valence-electron chi connectivity index (χ2n) is 23.4. The van der Waals surface area contributed by atoms with Gasteiger partial charge in [-0.2, -0.15) is 15.0 Å². The van der Waals surface area contributed by atoms with Gasteiger partial charge in [0, 0.05) is 43.8 Å². The fourth-order valence-corrected chi connectivity index (χ4v) is 8.50. The molecule has 2 aromatic carbocycles. The maximum atomic E-state index is 14.4. The molecule has 26 heteroatoms. The van der Waals surface area contributed by atoms with Crippen molar-refractivity contribution in [2.75, 3.05) is 25.0 Å². The van der Waals surface area contributed by atoms with Crippen LogP contribution in [0.15, 0.2) is 82.4 Å². The lowest BCUT2D eigenvalue weighted by Crippen LogP contribution is -2.70. The molecule has 3 fully saturated rings. The molecule has 25 nitrogen and oxygen atoms in total. The Kier molecular flexibility index (Phi) is 17.9. The molecule has 0 radical (unpaired) electrons. The number of β-lactam (4-membered cyclic amide) rings is 1. The van der Waals surface area contributed by atoms with Crippen LogP contribution >= 0.6 is 11.3 Å². The van der Waals surface area contributed by atoms with Crippen molar-refractivity contribution in [3.05, 3.63) is 94.8 Å². The summed E-state index contributed by atoms with van der Waals surface area (Å²) < 4.78 is 28.2. The van der Waals surface area contributed by atoms with E-state index in [2.05, 4.69) is 46.6 Å². The van der Waals surface area contributed by atoms with Gasteiger partial charge >= 0.3 is 30.3 Å². The summed E-state index contributed by atoms with van der Waals surface area (Å²) in [6.45, 7) is 20.9. The number of aliphatic imine (C=N–C) groups is 1. The Morgan fingerprint density at radius 1 is 0.812 bits per heavy atom. The number of thiazole rings is 1. The van der Waals surface area contributed by atoms with E-state index in [0.29, 0.717) is 0 Å². The van der Waals surface area contributed by atoms with Gasteiger partial charge in [-0.05, 0) is 94.2 Å². The monoisotopic (exact) mass is 1130 g/mol. The number of alkyl carbamates (subject to hydrolysis) is 1. The van der Waals surface area contributed by atoms with Crippen molar-refractivity contribution in [2.45, 2.75) is 155 Å². The molecule has 0 unspecified atom stereocenters. The maximum Gasteiger partial charge on any atom is 0.437 e. The summed E-state index contributed by atoms with van der Waals surface area (Å²) in [4.78, 5) is 113. The van der Waals surface area contributed by atoms with Crippen molar-refractivity contribution >= 4 is 70.3 Å². The molecule has 4 heterocycles. The number of nitrogens with zero attached hydrogens (tertiary/aromatic N) is 8. The molecule has 2 atom stereocenters. The van der Waals surface area contributed by atoms with Gasteiger partial charge in [0.05, 0.1) is 25.3 Å². The van der Waals surface area contributed by atoms with E-state index in [0.717, 1.165) is 27.4 Å². The fraction of sp³-hybridized carbons (Fsp3) is 0.519. The van der Waals surface area contributed by atoms with Gasteiger partial charge in [0.25, 0.3) is 5.91 Å². The second kappa shape index (κ2) is 24.1. The molecule has 2 aliphatic heterocycles. The van der Waals surface area contributed by atoms with E-state index in [9.17, 15) is 33.6 Å². The van der Waals surface area contributed by atoms with Gasteiger partial charge in [0.1, 0.15) is 39.8 Å². The first-order chi connectivity index (χ1) is 37.4. The highest BCUT2D eigenvalue weighted by molar-refractivity contribution is 7.14. The molecule has 7 rings (SSSR count). The number of nitrogens with one attached hydrogen (secondary N) is 4. The number of likely N-dealkylation sites (tertiary alicyclic amines) is 1. The molecule has 1 aliphatic carbocycles. The summed E-state index contributed by atoms with van der Waals surface area (Å²) in [5.74, 6) is -2.37. The summed E-state index contributed by atoms with van der Waals surface area (Å²) >= 11 is 0.964. The average Bonchev–Trinajstić information content (AvgIpc) is 3.95. The van der Waals surface area contributed by atoms with Crippen LogP contribution in [-0.2, 0) is 56.0 Å². The van der Waals surface area contributed by atoms with E-state index in [1.807, 2.05) is 60.7 Å². The third kappa shape index (κ3) is 16.9. The zero-order valence-corrected chi connectivity index (χ0v) is 47.8. The number of carbonyl (C=O) groups excluding carboxylic acids is 7. The molecule has 2 saturated heterocycles. The number of rotatable bonds is 16. The predicted octanol–water partition coefficient (Wildman–Crippen LogP) is 6.84. The SMILES string of the molecule is CC(C)(C)OC(=O)N=C(N1CC(CNC(=O)OC(C)(C)C)C1)N(Cc1cnn(C[C@H]2NC(=O)[C@H]2NC(=O)/C(=N\OC2(C(=O)OC(c3ccccc3)c3ccccc3)CC2)c2csc(NC(=O)OC(C)(C)C)n2)n1)C(=O)OC(C)(C)C. The van der Waals surface area contributed by atoms with Crippen LogP contribution in [0.3, 0.4) is 0 Å². The normalized spacial score (nSPS) is 17.4. The van der Waals surface area contributed by atoms with Gasteiger partial charge in [-0.3, -0.25) is 14.9 Å².